The van der Waals surface area contributed by atoms with Crippen LogP contribution < -0.4 is 0 Å². The summed E-state index contributed by atoms with van der Waals surface area (Å²) in [6.07, 6.45) is 6.27. The minimum absolute atomic E-state index is 1.04. The SMILES string of the molecule is Cc1cc(Br)ccc1-n1cc(CCCBr)cn1. The highest BCUT2D eigenvalue weighted by Crippen LogP contribution is 2.19. The highest BCUT2D eigenvalue weighted by atomic mass is 79.9. The Bertz CT molecular complexity index is 506. The maximum Gasteiger partial charge on any atom is 0.0675 e. The summed E-state index contributed by atoms with van der Waals surface area (Å²) in [5.41, 5.74) is 3.64. The minimum atomic E-state index is 1.04. The molecule has 0 saturated carbocycles. The fraction of sp³-hybridized carbons (Fsp3) is 0.308. The summed E-state index contributed by atoms with van der Waals surface area (Å²) in [6, 6.07) is 6.23. The van der Waals surface area contributed by atoms with Crippen molar-refractivity contribution in [2.75, 3.05) is 5.33 Å². The van der Waals surface area contributed by atoms with E-state index in [4.69, 9.17) is 0 Å². The number of halogens is 2. The average molecular weight is 358 g/mol. The van der Waals surface area contributed by atoms with Gasteiger partial charge in [-0.05, 0) is 49.1 Å². The quantitative estimate of drug-likeness (QED) is 0.747. The summed E-state index contributed by atoms with van der Waals surface area (Å²) in [5, 5.41) is 5.45. The van der Waals surface area contributed by atoms with Gasteiger partial charge in [0.1, 0.15) is 0 Å². The molecule has 0 aliphatic rings. The van der Waals surface area contributed by atoms with Crippen LogP contribution in [0.1, 0.15) is 17.5 Å². The van der Waals surface area contributed by atoms with Crippen LogP contribution in [0.4, 0.5) is 0 Å². The lowest BCUT2D eigenvalue weighted by molar-refractivity contribution is 0.870. The topological polar surface area (TPSA) is 17.8 Å². The van der Waals surface area contributed by atoms with Gasteiger partial charge in [-0.15, -0.1) is 0 Å². The lowest BCUT2D eigenvalue weighted by atomic mass is 10.2. The Kier molecular flexibility index (Phi) is 4.40. The van der Waals surface area contributed by atoms with Crippen molar-refractivity contribution in [3.8, 4) is 5.69 Å². The Morgan fingerprint density at radius 1 is 1.35 bits per heavy atom. The molecule has 0 fully saturated rings. The van der Waals surface area contributed by atoms with Gasteiger partial charge in [-0.2, -0.15) is 5.10 Å². The zero-order valence-corrected chi connectivity index (χ0v) is 12.8. The molecular formula is C13H14Br2N2. The van der Waals surface area contributed by atoms with Gasteiger partial charge >= 0.3 is 0 Å². The molecule has 0 unspecified atom stereocenters. The van der Waals surface area contributed by atoms with Crippen LogP contribution in [0.5, 0.6) is 0 Å². The lowest BCUT2D eigenvalue weighted by Gasteiger charge is -2.05. The van der Waals surface area contributed by atoms with Crippen molar-refractivity contribution in [1.82, 2.24) is 9.78 Å². The molecule has 90 valence electrons. The number of hydrogen-bond acceptors (Lipinski definition) is 1. The summed E-state index contributed by atoms with van der Waals surface area (Å²) in [7, 11) is 0. The van der Waals surface area contributed by atoms with Crippen LogP contribution in [-0.2, 0) is 6.42 Å². The van der Waals surface area contributed by atoms with Gasteiger partial charge in [-0.25, -0.2) is 4.68 Å². The molecule has 1 aromatic carbocycles. The number of nitrogens with zero attached hydrogens (tertiary/aromatic N) is 2. The van der Waals surface area contributed by atoms with E-state index < -0.39 is 0 Å². The second kappa shape index (κ2) is 5.83. The first kappa shape index (κ1) is 12.8. The molecule has 1 heterocycles. The molecule has 0 amide bonds. The first-order valence-corrected chi connectivity index (χ1v) is 7.48. The summed E-state index contributed by atoms with van der Waals surface area (Å²) in [4.78, 5) is 0. The van der Waals surface area contributed by atoms with Crippen LogP contribution in [-0.4, -0.2) is 15.1 Å². The first-order chi connectivity index (χ1) is 8.20. The van der Waals surface area contributed by atoms with Crippen molar-refractivity contribution >= 4 is 31.9 Å². The second-order valence-electron chi connectivity index (χ2n) is 4.02. The van der Waals surface area contributed by atoms with E-state index >= 15 is 0 Å². The van der Waals surface area contributed by atoms with E-state index in [0.29, 0.717) is 0 Å². The smallest absolute Gasteiger partial charge is 0.0675 e. The number of aryl methyl sites for hydroxylation is 2. The average Bonchev–Trinajstić information content (AvgIpc) is 2.75. The van der Waals surface area contributed by atoms with Gasteiger partial charge in [0.25, 0.3) is 0 Å². The highest BCUT2D eigenvalue weighted by Gasteiger charge is 2.04. The van der Waals surface area contributed by atoms with Crippen LogP contribution in [0, 0.1) is 6.92 Å². The van der Waals surface area contributed by atoms with Crippen LogP contribution in [0.15, 0.2) is 35.1 Å². The van der Waals surface area contributed by atoms with Crippen molar-refractivity contribution in [3.63, 3.8) is 0 Å². The van der Waals surface area contributed by atoms with Crippen molar-refractivity contribution in [1.29, 1.82) is 0 Å². The van der Waals surface area contributed by atoms with E-state index in [1.54, 1.807) is 0 Å². The van der Waals surface area contributed by atoms with E-state index in [9.17, 15) is 0 Å². The maximum absolute atomic E-state index is 4.42. The van der Waals surface area contributed by atoms with Crippen LogP contribution >= 0.6 is 31.9 Å². The molecule has 0 saturated heterocycles. The minimum Gasteiger partial charge on any atom is -0.240 e. The molecule has 0 radical (unpaired) electrons. The fourth-order valence-corrected chi connectivity index (χ4v) is 2.52. The predicted molar refractivity (Wildman–Crippen MR) is 78.1 cm³/mol. The van der Waals surface area contributed by atoms with Crippen LogP contribution in [0.2, 0.25) is 0 Å². The Morgan fingerprint density at radius 3 is 2.88 bits per heavy atom. The molecule has 1 aromatic heterocycles. The predicted octanol–water partition coefficient (Wildman–Crippen LogP) is 4.27. The van der Waals surface area contributed by atoms with Gasteiger partial charge < -0.3 is 0 Å². The number of alkyl halides is 1. The maximum atomic E-state index is 4.42. The normalized spacial score (nSPS) is 10.8. The molecule has 2 nitrogen and oxygen atoms in total. The molecule has 0 bridgehead atoms. The van der Waals surface area contributed by atoms with E-state index in [1.165, 1.54) is 11.1 Å². The molecule has 2 rings (SSSR count). The molecule has 17 heavy (non-hydrogen) atoms. The van der Waals surface area contributed by atoms with Gasteiger partial charge in [0, 0.05) is 16.0 Å². The molecule has 4 heteroatoms. The Labute approximate surface area is 118 Å². The number of hydrogen-bond donors (Lipinski definition) is 0. The largest absolute Gasteiger partial charge is 0.240 e. The third-order valence-corrected chi connectivity index (χ3v) is 3.69. The third-order valence-electron chi connectivity index (χ3n) is 2.64. The zero-order chi connectivity index (χ0) is 12.3. The van der Waals surface area contributed by atoms with E-state index in [-0.39, 0.29) is 0 Å². The third kappa shape index (κ3) is 3.19. The van der Waals surface area contributed by atoms with Gasteiger partial charge in [-0.1, -0.05) is 31.9 Å². The summed E-state index contributed by atoms with van der Waals surface area (Å²) in [6.45, 7) is 2.10. The number of aromatic nitrogens is 2. The van der Waals surface area contributed by atoms with E-state index in [1.807, 2.05) is 16.9 Å². The standard InChI is InChI=1S/C13H14Br2N2/c1-10-7-12(15)4-5-13(10)17-9-11(8-16-17)3-2-6-14/h4-5,7-9H,2-3,6H2,1H3. The Hall–Kier alpha value is -0.610. The van der Waals surface area contributed by atoms with Crippen molar-refractivity contribution < 1.29 is 0 Å². The lowest BCUT2D eigenvalue weighted by Crippen LogP contribution is -1.97. The Morgan fingerprint density at radius 2 is 2.18 bits per heavy atom. The van der Waals surface area contributed by atoms with Crippen molar-refractivity contribution in [2.45, 2.75) is 19.8 Å². The fourth-order valence-electron chi connectivity index (χ4n) is 1.77. The second-order valence-corrected chi connectivity index (χ2v) is 5.73. The van der Waals surface area contributed by atoms with Gasteiger partial charge in [0.2, 0.25) is 0 Å². The molecule has 0 N–H and O–H groups in total. The first-order valence-electron chi connectivity index (χ1n) is 5.57. The highest BCUT2D eigenvalue weighted by molar-refractivity contribution is 9.10. The molecule has 0 aliphatic heterocycles. The molecule has 0 atom stereocenters. The summed E-state index contributed by atoms with van der Waals surface area (Å²) in [5.74, 6) is 0. The van der Waals surface area contributed by atoms with Crippen molar-refractivity contribution in [3.05, 3.63) is 46.2 Å². The number of rotatable bonds is 4. The monoisotopic (exact) mass is 356 g/mol. The van der Waals surface area contributed by atoms with Crippen molar-refractivity contribution in [2.24, 2.45) is 0 Å². The van der Waals surface area contributed by atoms with Gasteiger partial charge in [-0.3, -0.25) is 0 Å². The van der Waals surface area contributed by atoms with Gasteiger partial charge in [0.05, 0.1) is 11.9 Å². The van der Waals surface area contributed by atoms with Gasteiger partial charge in [0.15, 0.2) is 0 Å². The Balaban J connectivity index is 2.24. The molecule has 0 spiro atoms. The number of benzene rings is 1. The van der Waals surface area contributed by atoms with E-state index in [0.717, 1.165) is 28.3 Å². The summed E-state index contributed by atoms with van der Waals surface area (Å²) < 4.78 is 3.05. The molecular weight excluding hydrogens is 344 g/mol. The molecule has 2 aromatic rings. The zero-order valence-electron chi connectivity index (χ0n) is 9.66. The molecule has 0 aliphatic carbocycles. The van der Waals surface area contributed by atoms with Crippen LogP contribution in [0.3, 0.4) is 0 Å². The van der Waals surface area contributed by atoms with E-state index in [2.05, 4.69) is 62.2 Å². The van der Waals surface area contributed by atoms with Crippen LogP contribution in [0.25, 0.3) is 5.69 Å². The summed E-state index contributed by atoms with van der Waals surface area (Å²) >= 11 is 6.92.